The molecule has 0 aliphatic rings. The zero-order valence-electron chi connectivity index (χ0n) is 47.4. The van der Waals surface area contributed by atoms with Gasteiger partial charge >= 0.3 is 0 Å². The summed E-state index contributed by atoms with van der Waals surface area (Å²) in [6.45, 7) is 0. The summed E-state index contributed by atoms with van der Waals surface area (Å²) in [5, 5.41) is -5.10. The monoisotopic (exact) mass is 572 g/mol. The zero-order chi connectivity index (χ0) is 51.0. The molecule has 0 aliphatic carbocycles. The van der Waals surface area contributed by atoms with Crippen LogP contribution in [0.5, 0.6) is 0 Å². The highest BCUT2D eigenvalue weighted by atomic mass is 16.3. The van der Waals surface area contributed by atoms with Crippen molar-refractivity contribution >= 4 is 54.3 Å². The minimum absolute atomic E-state index is 0.358. The lowest BCUT2D eigenvalue weighted by Crippen LogP contribution is -1.92. The molecule has 1 heterocycles. The lowest BCUT2D eigenvalue weighted by Gasteiger charge is -2.19. The van der Waals surface area contributed by atoms with Gasteiger partial charge in [0.2, 0.25) is 0 Å². The number of rotatable bonds is 3. The maximum Gasteiger partial charge on any atom is 0.136 e. The quantitative estimate of drug-likeness (QED) is 0.192. The topological polar surface area (TPSA) is 13.1 Å². The van der Waals surface area contributed by atoms with Crippen LogP contribution in [-0.2, 0) is 0 Å². The molecule has 8 aromatic carbocycles. The fourth-order valence-corrected chi connectivity index (χ4v) is 5.23. The molecule has 0 saturated carbocycles. The molecule has 0 amide bonds. The summed E-state index contributed by atoms with van der Waals surface area (Å²) >= 11 is 0. The van der Waals surface area contributed by atoms with Crippen molar-refractivity contribution in [1.29, 1.82) is 0 Å². The Morgan fingerprint density at radius 3 is 1.49 bits per heavy atom. The Labute approximate surface area is 285 Å². The summed E-state index contributed by atoms with van der Waals surface area (Å²) in [5.74, 6) is 0. The smallest absolute Gasteiger partial charge is 0.136 e. The molecule has 0 unspecified atom stereocenters. The predicted octanol–water partition coefficient (Wildman–Crippen LogP) is 12.0. The molecule has 0 radical (unpaired) electrons. The van der Waals surface area contributed by atoms with Gasteiger partial charge in [0, 0.05) is 10.8 Å². The molecule has 9 aromatic rings. The average Bonchev–Trinajstić information content (AvgIpc) is 3.74. The molecule has 0 N–H and O–H groups in total. The minimum Gasteiger partial charge on any atom is -0.456 e. The van der Waals surface area contributed by atoms with Crippen molar-refractivity contribution in [2.24, 2.45) is 0 Å². The lowest BCUT2D eigenvalue weighted by molar-refractivity contribution is 0.669. The van der Waals surface area contributed by atoms with Crippen molar-refractivity contribution in [3.63, 3.8) is 0 Å². The van der Waals surface area contributed by atoms with Crippen LogP contribution in [0.4, 0.5) is 0 Å². The van der Waals surface area contributed by atoms with Gasteiger partial charge in [-0.2, -0.15) is 0 Å². The van der Waals surface area contributed by atoms with Gasteiger partial charge in [0.15, 0.2) is 0 Å². The summed E-state index contributed by atoms with van der Waals surface area (Å²) in [6, 6.07) is -23.9. The fraction of sp³-hybridized carbons (Fsp3) is 0. The number of fused-ring (bicyclic) bond motifs is 6. The van der Waals surface area contributed by atoms with E-state index in [4.69, 9.17) is 26.3 Å². The van der Waals surface area contributed by atoms with E-state index >= 15 is 0 Å². The van der Waals surface area contributed by atoms with Gasteiger partial charge in [-0.25, -0.2) is 0 Å². The first-order valence-electron chi connectivity index (χ1n) is 25.7. The van der Waals surface area contributed by atoms with Crippen LogP contribution < -0.4 is 0 Å². The number of hydrogen-bond donors (Lipinski definition) is 0. The van der Waals surface area contributed by atoms with E-state index < -0.39 is 239 Å². The van der Waals surface area contributed by atoms with Gasteiger partial charge in [-0.05, 0) is 83.8 Å². The summed E-state index contributed by atoms with van der Waals surface area (Å²) in [5.41, 5.74) is -5.53. The maximum absolute atomic E-state index is 9.76. The van der Waals surface area contributed by atoms with E-state index in [1.807, 2.05) is 0 Å². The van der Waals surface area contributed by atoms with E-state index in [1.165, 1.54) is 0 Å². The first-order valence-corrected chi connectivity index (χ1v) is 12.7. The molecule has 0 bridgehead atoms. The van der Waals surface area contributed by atoms with Crippen LogP contribution in [0.3, 0.4) is 0 Å². The van der Waals surface area contributed by atoms with Gasteiger partial charge in [0.1, 0.15) is 11.2 Å². The highest BCUT2D eigenvalue weighted by Gasteiger charge is 2.19. The minimum atomic E-state index is -1.07. The van der Waals surface area contributed by atoms with Crippen molar-refractivity contribution in [1.82, 2.24) is 0 Å². The van der Waals surface area contributed by atoms with E-state index in [9.17, 15) is 13.7 Å². The molecule has 0 fully saturated rings. The third-order valence-corrected chi connectivity index (χ3v) is 7.01. The first-order chi connectivity index (χ1) is 32.2. The van der Waals surface area contributed by atoms with Crippen LogP contribution in [0.15, 0.2) is 162 Å². The number of benzene rings is 8. The number of furan rings is 1. The molecule has 0 spiro atoms. The van der Waals surface area contributed by atoms with Crippen molar-refractivity contribution in [2.75, 3.05) is 0 Å². The van der Waals surface area contributed by atoms with Crippen molar-refractivity contribution < 1.29 is 40.1 Å². The van der Waals surface area contributed by atoms with Crippen LogP contribution in [0.25, 0.3) is 87.6 Å². The molecule has 9 rings (SSSR count). The normalized spacial score (nSPS) is 20.2. The SMILES string of the molecule is [2H]c1c([2H])c([2H])c(-c2c3c([2H])c([2H])c([2H])c([2H])c3c(-c3c([2H])c([2H])c(-c4c([2H])c([2H])c5c(oc6c([2H])c([2H])c([2H])c([2H])c65)c4[2H])c4c([2H])c([2H])c([2H])c([2H])c34)c3c([2H])c([2H])c([2H])c([2H])c23)c([2H])c1[2H]. The Balaban J connectivity index is 1.61. The van der Waals surface area contributed by atoms with E-state index in [-0.39, 0.29) is 5.39 Å². The fourth-order valence-electron chi connectivity index (χ4n) is 5.23. The Kier molecular flexibility index (Phi) is 2.13. The lowest BCUT2D eigenvalue weighted by atomic mass is 9.84. The largest absolute Gasteiger partial charge is 0.456 e. The van der Waals surface area contributed by atoms with Crippen LogP contribution >= 0.6 is 0 Å². The van der Waals surface area contributed by atoms with Gasteiger partial charge in [0.05, 0.1) is 35.6 Å². The van der Waals surface area contributed by atoms with Crippen LogP contribution in [-0.4, -0.2) is 0 Å². The third-order valence-electron chi connectivity index (χ3n) is 7.01. The molecular weight excluding hydrogens is 520 g/mol. The van der Waals surface area contributed by atoms with Gasteiger partial charge in [0.25, 0.3) is 0 Å². The van der Waals surface area contributed by atoms with Crippen LogP contribution in [0.2, 0.25) is 0 Å². The van der Waals surface area contributed by atoms with Gasteiger partial charge in [-0.15, -0.1) is 0 Å². The van der Waals surface area contributed by atoms with Crippen LogP contribution in [0, 0.1) is 0 Å². The summed E-state index contributed by atoms with van der Waals surface area (Å²) < 4.78 is 238. The van der Waals surface area contributed by atoms with E-state index in [2.05, 4.69) is 0 Å². The van der Waals surface area contributed by atoms with E-state index in [1.54, 1.807) is 0 Å². The second kappa shape index (κ2) is 9.44. The second-order valence-electron chi connectivity index (χ2n) is 9.26. The van der Waals surface area contributed by atoms with Gasteiger partial charge < -0.3 is 4.42 Å². The van der Waals surface area contributed by atoms with Gasteiger partial charge in [-0.1, -0.05) is 139 Å². The Bertz CT molecular complexity index is 3860. The second-order valence-corrected chi connectivity index (χ2v) is 9.26. The standard InChI is InChI=1S/C42H26O/c1-2-12-27(13-3-1)41-34-17-6-8-19-36(34)42(37-20-9-7-18-35(37)41)38-25-24-29(30-14-4-5-15-31(30)38)28-22-23-33-32-16-10-11-21-39(32)43-40(33)26-28/h1-26H/i1D,2D,3D,4D,5D,6D,7D,8D,9D,10D,11D,12D,13D,14D,15D,16D,17D,18D,19D,20D,21D,22D,23D,24D,25D,26D. The van der Waals surface area contributed by atoms with Gasteiger partial charge in [-0.3, -0.25) is 0 Å². The Morgan fingerprint density at radius 1 is 0.326 bits per heavy atom. The first kappa shape index (κ1) is 9.69. The average molecular weight is 573 g/mol. The van der Waals surface area contributed by atoms with Crippen LogP contribution in [0.1, 0.15) is 35.6 Å². The predicted molar refractivity (Wildman–Crippen MR) is 183 cm³/mol. The van der Waals surface area contributed by atoms with E-state index in [0.29, 0.717) is 0 Å². The van der Waals surface area contributed by atoms with Crippen molar-refractivity contribution in [3.05, 3.63) is 157 Å². The molecule has 1 aromatic heterocycles. The summed E-state index contributed by atoms with van der Waals surface area (Å²) in [6.07, 6.45) is 0. The zero-order valence-corrected chi connectivity index (χ0v) is 21.4. The number of para-hydroxylation sites is 1. The number of hydrogen-bond acceptors (Lipinski definition) is 1. The van der Waals surface area contributed by atoms with Crippen molar-refractivity contribution in [3.8, 4) is 33.4 Å². The third kappa shape index (κ3) is 3.65. The highest BCUT2D eigenvalue weighted by molar-refractivity contribution is 6.24. The molecule has 200 valence electrons. The Hall–Kier alpha value is -5.66. The summed E-state index contributed by atoms with van der Waals surface area (Å²) in [7, 11) is 0. The molecule has 0 atom stereocenters. The maximum atomic E-state index is 9.76. The molecular formula is C42H26O. The highest BCUT2D eigenvalue weighted by Crippen LogP contribution is 2.46. The molecule has 1 heteroatoms. The Morgan fingerprint density at radius 2 is 0.814 bits per heavy atom. The molecule has 43 heavy (non-hydrogen) atoms. The molecule has 0 aliphatic heterocycles. The summed E-state index contributed by atoms with van der Waals surface area (Å²) in [4.78, 5) is 0. The van der Waals surface area contributed by atoms with Crippen molar-refractivity contribution in [2.45, 2.75) is 0 Å². The van der Waals surface area contributed by atoms with E-state index in [0.717, 1.165) is 0 Å². The molecule has 0 saturated heterocycles. The molecule has 1 nitrogen and oxygen atoms in total.